The van der Waals surface area contributed by atoms with Gasteiger partial charge >= 0.3 is 0 Å². The second kappa shape index (κ2) is 5.17. The van der Waals surface area contributed by atoms with Crippen molar-refractivity contribution in [2.24, 2.45) is 0 Å². The molecule has 0 aliphatic carbocycles. The van der Waals surface area contributed by atoms with Crippen LogP contribution in [-0.4, -0.2) is 20.0 Å². The summed E-state index contributed by atoms with van der Waals surface area (Å²) in [7, 11) is 3.04. The summed E-state index contributed by atoms with van der Waals surface area (Å²) in [5, 5.41) is 8.94. The highest BCUT2D eigenvalue weighted by atomic mass is 16.5. The number of carbonyl (C=O) groups is 1. The van der Waals surface area contributed by atoms with Gasteiger partial charge in [0.05, 0.1) is 20.3 Å². The van der Waals surface area contributed by atoms with E-state index in [-0.39, 0.29) is 5.78 Å². The van der Waals surface area contributed by atoms with Gasteiger partial charge in [-0.25, -0.2) is 0 Å². The van der Waals surface area contributed by atoms with E-state index in [2.05, 4.69) is 0 Å². The minimum absolute atomic E-state index is 0.203. The van der Waals surface area contributed by atoms with Gasteiger partial charge in [0.15, 0.2) is 5.78 Å². The van der Waals surface area contributed by atoms with Gasteiger partial charge in [0.25, 0.3) is 0 Å². The van der Waals surface area contributed by atoms with E-state index >= 15 is 0 Å². The summed E-state index contributed by atoms with van der Waals surface area (Å²) in [5.74, 6) is 0.119. The van der Waals surface area contributed by atoms with Crippen LogP contribution in [0.4, 0.5) is 0 Å². The van der Waals surface area contributed by atoms with Crippen molar-refractivity contribution in [3.63, 3.8) is 0 Å². The van der Waals surface area contributed by atoms with Gasteiger partial charge in [-0.05, 0) is 19.1 Å². The topological polar surface area (TPSA) is 59.3 Å². The lowest BCUT2D eigenvalue weighted by Crippen LogP contribution is -2.08. The molecule has 0 radical (unpaired) electrons. The fourth-order valence-corrected chi connectivity index (χ4v) is 1.44. The summed E-state index contributed by atoms with van der Waals surface area (Å²) in [6.07, 6.45) is 0. The summed E-state index contributed by atoms with van der Waals surface area (Å²) < 4.78 is 10.2. The molecule has 4 nitrogen and oxygen atoms in total. The third kappa shape index (κ3) is 2.31. The number of ketones is 1. The molecule has 0 amide bonds. The fraction of sp³-hybridized carbons (Fsp3) is 0.333. The van der Waals surface area contributed by atoms with Crippen molar-refractivity contribution >= 4 is 5.78 Å². The lowest BCUT2D eigenvalue weighted by atomic mass is 9.96. The third-order valence-electron chi connectivity index (χ3n) is 2.29. The normalized spacial score (nSPS) is 11.4. The maximum atomic E-state index is 11.3. The third-order valence-corrected chi connectivity index (χ3v) is 2.29. The predicted molar refractivity (Wildman–Crippen MR) is 58.6 cm³/mol. The van der Waals surface area contributed by atoms with Crippen LogP contribution in [0.2, 0.25) is 0 Å². The Morgan fingerprint density at radius 3 is 2.50 bits per heavy atom. The van der Waals surface area contributed by atoms with Gasteiger partial charge in [-0.15, -0.1) is 0 Å². The highest BCUT2D eigenvalue weighted by Gasteiger charge is 2.20. The molecule has 0 aliphatic heterocycles. The van der Waals surface area contributed by atoms with E-state index in [0.717, 1.165) is 0 Å². The molecule has 4 heteroatoms. The summed E-state index contributed by atoms with van der Waals surface area (Å²) in [6.45, 7) is 1.39. The monoisotopic (exact) mass is 219 g/mol. The molecule has 1 aromatic carbocycles. The molecule has 0 saturated heterocycles. The Morgan fingerprint density at radius 1 is 1.38 bits per heavy atom. The SMILES string of the molecule is COc1ccc(C(C#N)C(C)=O)c(OC)c1. The van der Waals surface area contributed by atoms with E-state index in [1.165, 1.54) is 14.0 Å². The summed E-state index contributed by atoms with van der Waals surface area (Å²) in [4.78, 5) is 11.3. The molecule has 0 spiro atoms. The van der Waals surface area contributed by atoms with E-state index < -0.39 is 5.92 Å². The second-order valence-corrected chi connectivity index (χ2v) is 3.28. The number of hydrogen-bond donors (Lipinski definition) is 0. The molecular formula is C12H13NO3. The zero-order valence-electron chi connectivity index (χ0n) is 9.48. The molecule has 1 rings (SSSR count). The molecule has 1 unspecified atom stereocenters. The largest absolute Gasteiger partial charge is 0.497 e. The van der Waals surface area contributed by atoms with Gasteiger partial charge < -0.3 is 9.47 Å². The summed E-state index contributed by atoms with van der Waals surface area (Å²) in [5.41, 5.74) is 0.568. The van der Waals surface area contributed by atoms with Crippen molar-refractivity contribution in [1.29, 1.82) is 5.26 Å². The fourth-order valence-electron chi connectivity index (χ4n) is 1.44. The molecule has 0 aliphatic rings. The highest BCUT2D eigenvalue weighted by Crippen LogP contribution is 2.30. The van der Waals surface area contributed by atoms with Crippen molar-refractivity contribution in [2.45, 2.75) is 12.8 Å². The van der Waals surface area contributed by atoms with Gasteiger partial charge in [-0.1, -0.05) is 0 Å². The molecule has 0 bridgehead atoms. The van der Waals surface area contributed by atoms with Crippen molar-refractivity contribution in [2.75, 3.05) is 14.2 Å². The standard InChI is InChI=1S/C12H13NO3/c1-8(14)11(7-13)10-5-4-9(15-2)6-12(10)16-3/h4-6,11H,1-3H3. The van der Waals surface area contributed by atoms with Gasteiger partial charge in [0.2, 0.25) is 0 Å². The Kier molecular flexibility index (Phi) is 3.90. The Morgan fingerprint density at radius 2 is 2.06 bits per heavy atom. The van der Waals surface area contributed by atoms with Crippen molar-refractivity contribution < 1.29 is 14.3 Å². The highest BCUT2D eigenvalue weighted by molar-refractivity contribution is 5.87. The van der Waals surface area contributed by atoms with Gasteiger partial charge in [0, 0.05) is 11.6 Å². The van der Waals surface area contributed by atoms with Crippen LogP contribution in [0.5, 0.6) is 11.5 Å². The lowest BCUT2D eigenvalue weighted by Gasteiger charge is -2.12. The molecule has 84 valence electrons. The van der Waals surface area contributed by atoms with Crippen LogP contribution in [-0.2, 0) is 4.79 Å². The van der Waals surface area contributed by atoms with Crippen LogP contribution in [0.25, 0.3) is 0 Å². The van der Waals surface area contributed by atoms with Crippen molar-refractivity contribution in [1.82, 2.24) is 0 Å². The lowest BCUT2D eigenvalue weighted by molar-refractivity contribution is -0.117. The van der Waals surface area contributed by atoms with Crippen LogP contribution in [0.1, 0.15) is 18.4 Å². The zero-order valence-corrected chi connectivity index (χ0v) is 9.48. The van der Waals surface area contributed by atoms with E-state index in [1.807, 2.05) is 6.07 Å². The predicted octanol–water partition coefficient (Wildman–Crippen LogP) is 1.90. The maximum Gasteiger partial charge on any atom is 0.151 e. The minimum Gasteiger partial charge on any atom is -0.497 e. The molecule has 0 fully saturated rings. The molecule has 1 aromatic rings. The van der Waals surface area contributed by atoms with Gasteiger partial charge in [0.1, 0.15) is 17.4 Å². The summed E-state index contributed by atoms with van der Waals surface area (Å²) in [6, 6.07) is 6.99. The Bertz CT molecular complexity index is 434. The van der Waals surface area contributed by atoms with Crippen LogP contribution < -0.4 is 9.47 Å². The zero-order chi connectivity index (χ0) is 12.1. The first-order chi connectivity index (χ1) is 7.63. The smallest absolute Gasteiger partial charge is 0.151 e. The number of ether oxygens (including phenoxy) is 2. The first kappa shape index (κ1) is 12.1. The number of carbonyl (C=O) groups excluding carboxylic acids is 1. The Balaban J connectivity index is 3.23. The van der Waals surface area contributed by atoms with E-state index in [4.69, 9.17) is 14.7 Å². The number of Topliss-reactive ketones (excluding diaryl/α,β-unsaturated/α-hetero) is 1. The first-order valence-electron chi connectivity index (χ1n) is 4.76. The first-order valence-corrected chi connectivity index (χ1v) is 4.76. The van der Waals surface area contributed by atoms with Crippen molar-refractivity contribution in [3.8, 4) is 17.6 Å². The van der Waals surface area contributed by atoms with Gasteiger partial charge in [-0.3, -0.25) is 4.79 Å². The number of nitriles is 1. The number of rotatable bonds is 4. The molecular weight excluding hydrogens is 206 g/mol. The van der Waals surface area contributed by atoms with Crippen LogP contribution in [0, 0.1) is 11.3 Å². The minimum atomic E-state index is -0.791. The van der Waals surface area contributed by atoms with E-state index in [0.29, 0.717) is 17.1 Å². The van der Waals surface area contributed by atoms with E-state index in [9.17, 15) is 4.79 Å². The molecule has 16 heavy (non-hydrogen) atoms. The average molecular weight is 219 g/mol. The summed E-state index contributed by atoms with van der Waals surface area (Å²) >= 11 is 0. The van der Waals surface area contributed by atoms with Gasteiger partial charge in [-0.2, -0.15) is 5.26 Å². The number of hydrogen-bond acceptors (Lipinski definition) is 4. The molecule has 0 aromatic heterocycles. The van der Waals surface area contributed by atoms with Crippen LogP contribution in [0.15, 0.2) is 18.2 Å². The molecule has 0 heterocycles. The Hall–Kier alpha value is -2.02. The number of methoxy groups -OCH3 is 2. The second-order valence-electron chi connectivity index (χ2n) is 3.28. The Labute approximate surface area is 94.4 Å². The maximum absolute atomic E-state index is 11.3. The molecule has 0 N–H and O–H groups in total. The number of nitrogens with zero attached hydrogens (tertiary/aromatic N) is 1. The molecule has 0 saturated carbocycles. The van der Waals surface area contributed by atoms with Crippen molar-refractivity contribution in [3.05, 3.63) is 23.8 Å². The number of benzene rings is 1. The average Bonchev–Trinajstić information content (AvgIpc) is 2.29. The molecule has 1 atom stereocenters. The quantitative estimate of drug-likeness (QED) is 0.776. The van der Waals surface area contributed by atoms with Crippen LogP contribution >= 0.6 is 0 Å². The van der Waals surface area contributed by atoms with Crippen LogP contribution in [0.3, 0.4) is 0 Å². The van der Waals surface area contributed by atoms with E-state index in [1.54, 1.807) is 25.3 Å².